The van der Waals surface area contributed by atoms with Gasteiger partial charge < -0.3 is 15.1 Å². The zero-order valence-electron chi connectivity index (χ0n) is 16.4. The van der Waals surface area contributed by atoms with E-state index in [4.69, 9.17) is 4.42 Å². The molecule has 1 unspecified atom stereocenters. The quantitative estimate of drug-likeness (QED) is 0.375. The third-order valence-corrected chi connectivity index (χ3v) is 4.93. The number of hydrogen-bond acceptors (Lipinski definition) is 4. The molecule has 1 fully saturated rings. The van der Waals surface area contributed by atoms with Gasteiger partial charge in [0.25, 0.3) is 0 Å². The number of aryl methyl sites for hydroxylation is 1. The van der Waals surface area contributed by atoms with Gasteiger partial charge in [-0.05, 0) is 32.9 Å². The largest absolute Gasteiger partial charge is 0.439 e. The molecule has 1 atom stereocenters. The van der Waals surface area contributed by atoms with E-state index in [-0.39, 0.29) is 24.0 Å². The first-order valence-electron chi connectivity index (χ1n) is 9.40. The van der Waals surface area contributed by atoms with Crippen LogP contribution in [0.5, 0.6) is 0 Å². The molecule has 1 aromatic carbocycles. The van der Waals surface area contributed by atoms with Crippen molar-refractivity contribution in [2.75, 3.05) is 26.7 Å². The highest BCUT2D eigenvalue weighted by atomic mass is 127. The monoisotopic (exact) mass is 483 g/mol. The summed E-state index contributed by atoms with van der Waals surface area (Å²) in [6.45, 7) is 8.02. The number of aromatic nitrogens is 1. The standard InChI is InChI=1S/C20H29N5O.HI/c1-4-25-11-5-6-17(25)12-23-20(21-3)24-14-19-22-13-18(26-19)16-9-7-15(2)8-10-16;/h7-10,13,17H,4-6,11-12,14H2,1-3H3,(H2,21,23,24);1H. The molecule has 0 bridgehead atoms. The Morgan fingerprint density at radius 2 is 2.07 bits per heavy atom. The number of halogens is 1. The van der Waals surface area contributed by atoms with Crippen LogP contribution in [0.2, 0.25) is 0 Å². The van der Waals surface area contributed by atoms with Gasteiger partial charge in [0.1, 0.15) is 0 Å². The smallest absolute Gasteiger partial charge is 0.214 e. The Bertz CT molecular complexity index is 728. The minimum absolute atomic E-state index is 0. The van der Waals surface area contributed by atoms with Crippen molar-refractivity contribution < 1.29 is 4.42 Å². The molecule has 148 valence electrons. The fourth-order valence-corrected chi connectivity index (χ4v) is 3.38. The Kier molecular flexibility index (Phi) is 8.56. The maximum absolute atomic E-state index is 5.85. The molecule has 0 amide bonds. The van der Waals surface area contributed by atoms with Gasteiger partial charge in [-0.1, -0.05) is 36.8 Å². The number of nitrogens with one attached hydrogen (secondary N) is 2. The zero-order chi connectivity index (χ0) is 18.4. The Morgan fingerprint density at radius 1 is 1.30 bits per heavy atom. The van der Waals surface area contributed by atoms with Gasteiger partial charge in [-0.25, -0.2) is 4.98 Å². The van der Waals surface area contributed by atoms with Crippen molar-refractivity contribution in [3.05, 3.63) is 41.9 Å². The first kappa shape index (κ1) is 21.7. The zero-order valence-corrected chi connectivity index (χ0v) is 18.7. The molecular formula is C20H30IN5O. The summed E-state index contributed by atoms with van der Waals surface area (Å²) < 4.78 is 5.85. The molecule has 0 spiro atoms. The lowest BCUT2D eigenvalue weighted by molar-refractivity contribution is 0.267. The Labute approximate surface area is 178 Å². The van der Waals surface area contributed by atoms with E-state index in [0.29, 0.717) is 18.5 Å². The lowest BCUT2D eigenvalue weighted by atomic mass is 10.1. The number of aliphatic imine (C=N–C) groups is 1. The van der Waals surface area contributed by atoms with Gasteiger partial charge in [0.15, 0.2) is 11.7 Å². The van der Waals surface area contributed by atoms with Gasteiger partial charge in [0.05, 0.1) is 12.7 Å². The average Bonchev–Trinajstić information content (AvgIpc) is 3.31. The summed E-state index contributed by atoms with van der Waals surface area (Å²) >= 11 is 0. The number of likely N-dealkylation sites (tertiary alicyclic amines) is 1. The second-order valence-corrected chi connectivity index (χ2v) is 6.72. The van der Waals surface area contributed by atoms with E-state index < -0.39 is 0 Å². The summed E-state index contributed by atoms with van der Waals surface area (Å²) in [7, 11) is 1.79. The van der Waals surface area contributed by atoms with Crippen LogP contribution >= 0.6 is 24.0 Å². The number of nitrogens with zero attached hydrogens (tertiary/aromatic N) is 3. The Morgan fingerprint density at radius 3 is 2.78 bits per heavy atom. The number of benzene rings is 1. The van der Waals surface area contributed by atoms with Crippen LogP contribution in [-0.4, -0.2) is 48.6 Å². The Balaban J connectivity index is 0.00000261. The minimum atomic E-state index is 0. The summed E-state index contributed by atoms with van der Waals surface area (Å²) in [6, 6.07) is 8.84. The number of likely N-dealkylation sites (N-methyl/N-ethyl adjacent to an activating group) is 1. The number of rotatable bonds is 6. The van der Waals surface area contributed by atoms with Crippen molar-refractivity contribution in [3.63, 3.8) is 0 Å². The maximum Gasteiger partial charge on any atom is 0.214 e. The highest BCUT2D eigenvalue weighted by Gasteiger charge is 2.22. The van der Waals surface area contributed by atoms with Crippen LogP contribution in [0.25, 0.3) is 11.3 Å². The highest BCUT2D eigenvalue weighted by Crippen LogP contribution is 2.20. The first-order valence-corrected chi connectivity index (χ1v) is 9.40. The Hall–Kier alpha value is -1.61. The molecule has 1 aliphatic rings. The molecule has 1 aliphatic heterocycles. The number of hydrogen-bond donors (Lipinski definition) is 2. The second kappa shape index (κ2) is 10.7. The fourth-order valence-electron chi connectivity index (χ4n) is 3.38. The molecule has 6 nitrogen and oxygen atoms in total. The minimum Gasteiger partial charge on any atom is -0.439 e. The van der Waals surface area contributed by atoms with Crippen LogP contribution in [0.15, 0.2) is 39.9 Å². The second-order valence-electron chi connectivity index (χ2n) is 6.72. The summed E-state index contributed by atoms with van der Waals surface area (Å²) in [5.74, 6) is 2.22. The number of guanidine groups is 1. The maximum atomic E-state index is 5.85. The van der Waals surface area contributed by atoms with E-state index in [1.807, 2.05) is 0 Å². The van der Waals surface area contributed by atoms with E-state index in [9.17, 15) is 0 Å². The van der Waals surface area contributed by atoms with Crippen molar-refractivity contribution in [3.8, 4) is 11.3 Å². The molecule has 7 heteroatoms. The summed E-state index contributed by atoms with van der Waals surface area (Å²) in [5, 5.41) is 6.70. The molecule has 2 N–H and O–H groups in total. The summed E-state index contributed by atoms with van der Waals surface area (Å²) in [5.41, 5.74) is 2.27. The van der Waals surface area contributed by atoms with Gasteiger partial charge in [0, 0.05) is 25.2 Å². The molecule has 2 aromatic rings. The van der Waals surface area contributed by atoms with Crippen molar-refractivity contribution in [2.45, 2.75) is 39.3 Å². The third kappa shape index (κ3) is 5.93. The van der Waals surface area contributed by atoms with E-state index in [1.54, 1.807) is 13.2 Å². The van der Waals surface area contributed by atoms with Gasteiger partial charge in [-0.15, -0.1) is 24.0 Å². The summed E-state index contributed by atoms with van der Waals surface area (Å²) in [6.07, 6.45) is 4.30. The van der Waals surface area contributed by atoms with Crippen molar-refractivity contribution in [1.82, 2.24) is 20.5 Å². The van der Waals surface area contributed by atoms with Gasteiger partial charge in [-0.3, -0.25) is 9.89 Å². The lowest BCUT2D eigenvalue weighted by Crippen LogP contribution is -2.44. The van der Waals surface area contributed by atoms with E-state index in [1.165, 1.54) is 24.9 Å². The normalized spacial score (nSPS) is 17.6. The van der Waals surface area contributed by atoms with Crippen LogP contribution in [-0.2, 0) is 6.54 Å². The molecule has 0 aliphatic carbocycles. The van der Waals surface area contributed by atoms with Gasteiger partial charge in [-0.2, -0.15) is 0 Å². The molecule has 1 saturated heterocycles. The first-order chi connectivity index (χ1) is 12.7. The molecular weight excluding hydrogens is 453 g/mol. The molecule has 3 rings (SSSR count). The highest BCUT2D eigenvalue weighted by molar-refractivity contribution is 14.0. The van der Waals surface area contributed by atoms with Crippen LogP contribution in [0, 0.1) is 6.92 Å². The van der Waals surface area contributed by atoms with Crippen LogP contribution < -0.4 is 10.6 Å². The molecule has 1 aromatic heterocycles. The van der Waals surface area contributed by atoms with Crippen molar-refractivity contribution in [1.29, 1.82) is 0 Å². The van der Waals surface area contributed by atoms with Crippen LogP contribution in [0.4, 0.5) is 0 Å². The summed E-state index contributed by atoms with van der Waals surface area (Å²) in [4.78, 5) is 11.2. The van der Waals surface area contributed by atoms with E-state index in [2.05, 4.69) is 63.6 Å². The SMILES string of the molecule is CCN1CCCC1CNC(=NC)NCc1ncc(-c2ccc(C)cc2)o1.I. The predicted octanol–water partition coefficient (Wildman–Crippen LogP) is 3.42. The van der Waals surface area contributed by atoms with E-state index >= 15 is 0 Å². The average molecular weight is 483 g/mol. The topological polar surface area (TPSA) is 65.7 Å². The molecule has 2 heterocycles. The van der Waals surface area contributed by atoms with Gasteiger partial charge in [0.2, 0.25) is 5.89 Å². The van der Waals surface area contributed by atoms with Crippen molar-refractivity contribution in [2.24, 2.45) is 4.99 Å². The molecule has 27 heavy (non-hydrogen) atoms. The van der Waals surface area contributed by atoms with Gasteiger partial charge >= 0.3 is 0 Å². The third-order valence-electron chi connectivity index (χ3n) is 4.93. The van der Waals surface area contributed by atoms with E-state index in [0.717, 1.165) is 30.4 Å². The fraction of sp³-hybridized carbons (Fsp3) is 0.500. The number of oxazole rings is 1. The molecule has 0 saturated carbocycles. The predicted molar refractivity (Wildman–Crippen MR) is 121 cm³/mol. The molecule has 0 radical (unpaired) electrons. The lowest BCUT2D eigenvalue weighted by Gasteiger charge is -2.23. The van der Waals surface area contributed by atoms with Crippen LogP contribution in [0.1, 0.15) is 31.2 Å². The van der Waals surface area contributed by atoms with Crippen LogP contribution in [0.3, 0.4) is 0 Å². The van der Waals surface area contributed by atoms with Crippen molar-refractivity contribution >= 4 is 29.9 Å².